The predicted octanol–water partition coefficient (Wildman–Crippen LogP) is 3.52. The molecular weight excluding hydrogens is 308 g/mol. The molecule has 0 radical (unpaired) electrons. The van der Waals surface area contributed by atoms with E-state index in [4.69, 9.17) is 14.2 Å². The lowest BCUT2D eigenvalue weighted by atomic mass is 10.2. The molecule has 0 saturated carbocycles. The first kappa shape index (κ1) is 18.2. The van der Waals surface area contributed by atoms with Crippen LogP contribution in [0.2, 0.25) is 0 Å². The molecule has 1 aromatic carbocycles. The van der Waals surface area contributed by atoms with Gasteiger partial charge in [0.15, 0.2) is 0 Å². The van der Waals surface area contributed by atoms with Crippen LogP contribution in [0, 0.1) is 0 Å². The number of carbonyl (C=O) groups is 1. The Hall–Kier alpha value is -2.11. The number of benzene rings is 1. The minimum Gasteiger partial charge on any atom is -0.497 e. The summed E-state index contributed by atoms with van der Waals surface area (Å²) >= 11 is 0. The summed E-state index contributed by atoms with van der Waals surface area (Å²) in [6.45, 7) is 7.03. The average molecular weight is 336 g/mol. The Bertz CT molecular complexity index is 569. The van der Waals surface area contributed by atoms with Crippen LogP contribution in [0.25, 0.3) is 0 Å². The first-order chi connectivity index (χ1) is 11.3. The molecule has 0 aromatic heterocycles. The highest BCUT2D eigenvalue weighted by atomic mass is 16.6. The molecule has 1 aromatic rings. The molecule has 1 amide bonds. The third-order valence-electron chi connectivity index (χ3n) is 3.94. The largest absolute Gasteiger partial charge is 0.497 e. The van der Waals surface area contributed by atoms with Gasteiger partial charge in [-0.3, -0.25) is 0 Å². The lowest BCUT2D eigenvalue weighted by molar-refractivity contribution is 0.0235. The van der Waals surface area contributed by atoms with Crippen molar-refractivity contribution in [2.75, 3.05) is 32.6 Å². The van der Waals surface area contributed by atoms with Gasteiger partial charge in [-0.2, -0.15) is 0 Å². The molecule has 1 unspecified atom stereocenters. The number of nitrogens with zero attached hydrogens (tertiary/aromatic N) is 1. The normalized spacial score (nSPS) is 17.5. The zero-order chi connectivity index (χ0) is 17.7. The minimum absolute atomic E-state index is 0.107. The highest BCUT2D eigenvalue weighted by Crippen LogP contribution is 2.30. The topological polar surface area (TPSA) is 60.0 Å². The van der Waals surface area contributed by atoms with Crippen molar-refractivity contribution >= 4 is 11.8 Å². The summed E-state index contributed by atoms with van der Waals surface area (Å²) in [5.74, 6) is 1.51. The first-order valence-corrected chi connectivity index (χ1v) is 8.29. The Morgan fingerprint density at radius 1 is 1.29 bits per heavy atom. The fourth-order valence-corrected chi connectivity index (χ4v) is 2.79. The Kier molecular flexibility index (Phi) is 5.80. The van der Waals surface area contributed by atoms with Crippen molar-refractivity contribution in [2.45, 2.75) is 45.3 Å². The van der Waals surface area contributed by atoms with Crippen molar-refractivity contribution in [3.05, 3.63) is 18.2 Å². The molecule has 1 fully saturated rings. The third kappa shape index (κ3) is 4.69. The second-order valence-corrected chi connectivity index (χ2v) is 6.92. The van der Waals surface area contributed by atoms with Gasteiger partial charge < -0.3 is 24.4 Å². The molecule has 0 bridgehead atoms. The van der Waals surface area contributed by atoms with Crippen molar-refractivity contribution in [1.82, 2.24) is 4.90 Å². The third-order valence-corrected chi connectivity index (χ3v) is 3.94. The fourth-order valence-electron chi connectivity index (χ4n) is 2.79. The Morgan fingerprint density at radius 2 is 2.04 bits per heavy atom. The van der Waals surface area contributed by atoms with E-state index in [-0.39, 0.29) is 12.1 Å². The van der Waals surface area contributed by atoms with Gasteiger partial charge in [0.1, 0.15) is 17.1 Å². The van der Waals surface area contributed by atoms with Crippen molar-refractivity contribution in [2.24, 2.45) is 0 Å². The lowest BCUT2D eigenvalue weighted by Gasteiger charge is -2.29. The number of likely N-dealkylation sites (tertiary alicyclic amines) is 1. The van der Waals surface area contributed by atoms with Crippen LogP contribution in [-0.4, -0.2) is 49.9 Å². The zero-order valence-corrected chi connectivity index (χ0v) is 15.2. The number of methoxy groups -OCH3 is 2. The highest BCUT2D eigenvalue weighted by molar-refractivity contribution is 5.69. The first-order valence-electron chi connectivity index (χ1n) is 8.29. The van der Waals surface area contributed by atoms with Gasteiger partial charge >= 0.3 is 6.09 Å². The van der Waals surface area contributed by atoms with Crippen LogP contribution >= 0.6 is 0 Å². The fraction of sp³-hybridized carbons (Fsp3) is 0.611. The molecule has 0 aliphatic carbocycles. The molecule has 6 heteroatoms. The number of anilines is 1. The van der Waals surface area contributed by atoms with Gasteiger partial charge in [0.05, 0.1) is 25.9 Å². The van der Waals surface area contributed by atoms with Crippen molar-refractivity contribution in [3.8, 4) is 11.5 Å². The minimum atomic E-state index is -0.479. The number of ether oxygens (including phenoxy) is 3. The van der Waals surface area contributed by atoms with Gasteiger partial charge in [-0.1, -0.05) is 0 Å². The quantitative estimate of drug-likeness (QED) is 0.891. The number of nitrogens with one attached hydrogen (secondary N) is 1. The maximum atomic E-state index is 12.3. The number of hydrogen-bond acceptors (Lipinski definition) is 5. The SMILES string of the molecule is COc1ccc(OC)c(NCC2CCCN2C(=O)OC(C)(C)C)c1. The second-order valence-electron chi connectivity index (χ2n) is 6.92. The molecular formula is C18H28N2O4. The number of carbonyl (C=O) groups excluding carboxylic acids is 1. The van der Waals surface area contributed by atoms with Crippen LogP contribution in [0.15, 0.2) is 18.2 Å². The smallest absolute Gasteiger partial charge is 0.410 e. The van der Waals surface area contributed by atoms with Gasteiger partial charge in [-0.25, -0.2) is 4.79 Å². The van der Waals surface area contributed by atoms with Gasteiger partial charge in [-0.15, -0.1) is 0 Å². The highest BCUT2D eigenvalue weighted by Gasteiger charge is 2.32. The van der Waals surface area contributed by atoms with Crippen LogP contribution in [0.5, 0.6) is 11.5 Å². The van der Waals surface area contributed by atoms with E-state index in [1.807, 2.05) is 43.9 Å². The molecule has 24 heavy (non-hydrogen) atoms. The molecule has 1 N–H and O–H groups in total. The molecule has 1 atom stereocenters. The second kappa shape index (κ2) is 7.64. The van der Waals surface area contributed by atoms with Crippen LogP contribution in [0.1, 0.15) is 33.6 Å². The summed E-state index contributed by atoms with van der Waals surface area (Å²) in [7, 11) is 3.27. The van der Waals surface area contributed by atoms with Crippen molar-refractivity contribution < 1.29 is 19.0 Å². The van der Waals surface area contributed by atoms with E-state index >= 15 is 0 Å². The molecule has 1 heterocycles. The van der Waals surface area contributed by atoms with Gasteiger partial charge in [0, 0.05) is 19.2 Å². The number of rotatable bonds is 5. The number of hydrogen-bond donors (Lipinski definition) is 1. The Morgan fingerprint density at radius 3 is 2.67 bits per heavy atom. The van der Waals surface area contributed by atoms with Gasteiger partial charge in [0.2, 0.25) is 0 Å². The van der Waals surface area contributed by atoms with E-state index in [1.54, 1.807) is 14.2 Å². The van der Waals surface area contributed by atoms with Crippen molar-refractivity contribution in [1.29, 1.82) is 0 Å². The van der Waals surface area contributed by atoms with E-state index < -0.39 is 5.60 Å². The lowest BCUT2D eigenvalue weighted by Crippen LogP contribution is -2.42. The van der Waals surface area contributed by atoms with E-state index in [1.165, 1.54) is 0 Å². The van der Waals surface area contributed by atoms with Crippen molar-refractivity contribution in [3.63, 3.8) is 0 Å². The van der Waals surface area contributed by atoms with E-state index in [9.17, 15) is 4.79 Å². The van der Waals surface area contributed by atoms with E-state index in [0.29, 0.717) is 6.54 Å². The average Bonchev–Trinajstić information content (AvgIpc) is 2.99. The molecule has 2 rings (SSSR count). The van der Waals surface area contributed by atoms with Crippen LogP contribution in [-0.2, 0) is 4.74 Å². The molecule has 1 aliphatic rings. The zero-order valence-electron chi connectivity index (χ0n) is 15.2. The summed E-state index contributed by atoms with van der Waals surface area (Å²) in [5.41, 5.74) is 0.376. The molecule has 1 saturated heterocycles. The summed E-state index contributed by atoms with van der Waals surface area (Å²) in [6.07, 6.45) is 1.70. The van der Waals surface area contributed by atoms with E-state index in [0.717, 1.165) is 36.6 Å². The van der Waals surface area contributed by atoms with Gasteiger partial charge in [-0.05, 0) is 45.7 Å². The Balaban J connectivity index is 2.01. The molecule has 1 aliphatic heterocycles. The van der Waals surface area contributed by atoms with Crippen LogP contribution < -0.4 is 14.8 Å². The summed E-state index contributed by atoms with van der Waals surface area (Å²) < 4.78 is 16.1. The van der Waals surface area contributed by atoms with Gasteiger partial charge in [0.25, 0.3) is 0 Å². The standard InChI is InChI=1S/C18H28N2O4/c1-18(2,3)24-17(21)20-10-6-7-13(20)12-19-15-11-14(22-4)8-9-16(15)23-5/h8-9,11,13,19H,6-7,10,12H2,1-5H3. The predicted molar refractivity (Wildman–Crippen MR) is 94.0 cm³/mol. The maximum Gasteiger partial charge on any atom is 0.410 e. The monoisotopic (exact) mass is 336 g/mol. The molecule has 6 nitrogen and oxygen atoms in total. The Labute approximate surface area is 144 Å². The molecule has 134 valence electrons. The number of amides is 1. The van der Waals surface area contributed by atoms with E-state index in [2.05, 4.69) is 5.32 Å². The molecule has 0 spiro atoms. The summed E-state index contributed by atoms with van der Waals surface area (Å²) in [5, 5.41) is 3.37. The summed E-state index contributed by atoms with van der Waals surface area (Å²) in [4.78, 5) is 14.1. The van der Waals surface area contributed by atoms with Crippen LogP contribution in [0.3, 0.4) is 0 Å². The summed E-state index contributed by atoms with van der Waals surface area (Å²) in [6, 6.07) is 5.72. The van der Waals surface area contributed by atoms with Crippen LogP contribution in [0.4, 0.5) is 10.5 Å². The maximum absolute atomic E-state index is 12.3.